The number of carbonyl (C=O) groups is 1. The number of halogens is 1. The van der Waals surface area contributed by atoms with E-state index in [0.29, 0.717) is 22.9 Å². The summed E-state index contributed by atoms with van der Waals surface area (Å²) in [6, 6.07) is 11.4. The van der Waals surface area contributed by atoms with Crippen molar-refractivity contribution >= 4 is 23.2 Å². The number of hydrogen-bond acceptors (Lipinski definition) is 7. The van der Waals surface area contributed by atoms with Crippen molar-refractivity contribution in [3.63, 3.8) is 0 Å². The monoisotopic (exact) mass is 454 g/mol. The summed E-state index contributed by atoms with van der Waals surface area (Å²) in [5.74, 6) is 1.53. The molecule has 32 heavy (non-hydrogen) atoms. The number of anilines is 1. The zero-order valence-corrected chi connectivity index (χ0v) is 18.2. The van der Waals surface area contributed by atoms with Crippen molar-refractivity contribution in [2.24, 2.45) is 0 Å². The standard InChI is InChI=1S/C22H23ClN6O3/c23-17-2-3-19(29-14-24-13-25-29)18(10-17)26-22(30)12-28-7-5-27(6-8-28)11-16-1-4-20-21(9-16)32-15-31-20/h1-4,9-10,13-14H,5-8,11-12,15H2,(H,26,30). The molecule has 0 spiro atoms. The van der Waals surface area contributed by atoms with Gasteiger partial charge in [-0.25, -0.2) is 9.67 Å². The molecule has 3 heterocycles. The number of aromatic nitrogens is 3. The molecule has 1 aromatic heterocycles. The van der Waals surface area contributed by atoms with E-state index in [1.54, 1.807) is 23.1 Å². The van der Waals surface area contributed by atoms with Crippen molar-refractivity contribution in [2.45, 2.75) is 6.54 Å². The van der Waals surface area contributed by atoms with E-state index in [4.69, 9.17) is 21.1 Å². The number of piperazine rings is 1. The van der Waals surface area contributed by atoms with Gasteiger partial charge < -0.3 is 14.8 Å². The number of amides is 1. The second-order valence-corrected chi connectivity index (χ2v) is 8.23. The molecule has 0 atom stereocenters. The molecule has 0 radical (unpaired) electrons. The van der Waals surface area contributed by atoms with Crippen LogP contribution in [-0.4, -0.2) is 70.0 Å². The number of hydrogen-bond donors (Lipinski definition) is 1. The Balaban J connectivity index is 1.14. The molecule has 0 aliphatic carbocycles. The van der Waals surface area contributed by atoms with Crippen molar-refractivity contribution < 1.29 is 14.3 Å². The predicted octanol–water partition coefficient (Wildman–Crippen LogP) is 2.41. The normalized spacial score (nSPS) is 16.3. The van der Waals surface area contributed by atoms with E-state index in [1.165, 1.54) is 11.9 Å². The lowest BCUT2D eigenvalue weighted by Gasteiger charge is -2.34. The van der Waals surface area contributed by atoms with Crippen molar-refractivity contribution in [3.8, 4) is 17.2 Å². The average molecular weight is 455 g/mol. The number of benzene rings is 2. The van der Waals surface area contributed by atoms with Crippen molar-refractivity contribution in [2.75, 3.05) is 44.8 Å². The fraction of sp³-hybridized carbons (Fsp3) is 0.318. The summed E-state index contributed by atoms with van der Waals surface area (Å²) >= 11 is 6.14. The molecule has 1 fully saturated rings. The van der Waals surface area contributed by atoms with Crippen LogP contribution >= 0.6 is 11.6 Å². The third kappa shape index (κ3) is 4.69. The largest absolute Gasteiger partial charge is 0.454 e. The van der Waals surface area contributed by atoms with Crippen LogP contribution in [0.4, 0.5) is 5.69 Å². The van der Waals surface area contributed by atoms with E-state index in [1.807, 2.05) is 18.2 Å². The van der Waals surface area contributed by atoms with E-state index in [2.05, 4.69) is 31.3 Å². The first-order valence-electron chi connectivity index (χ1n) is 10.4. The highest BCUT2D eigenvalue weighted by Gasteiger charge is 2.21. The van der Waals surface area contributed by atoms with Gasteiger partial charge in [-0.15, -0.1) is 0 Å². The van der Waals surface area contributed by atoms with Gasteiger partial charge in [-0.2, -0.15) is 5.10 Å². The molecule has 0 unspecified atom stereocenters. The molecule has 5 rings (SSSR count). The van der Waals surface area contributed by atoms with Gasteiger partial charge >= 0.3 is 0 Å². The van der Waals surface area contributed by atoms with Crippen LogP contribution in [0.3, 0.4) is 0 Å². The van der Waals surface area contributed by atoms with Crippen LogP contribution in [0, 0.1) is 0 Å². The second kappa shape index (κ2) is 9.15. The van der Waals surface area contributed by atoms with Crippen LogP contribution < -0.4 is 14.8 Å². The maximum atomic E-state index is 12.7. The SMILES string of the molecule is O=C(CN1CCN(Cc2ccc3c(c2)OCO3)CC1)Nc1cc(Cl)ccc1-n1cncn1. The summed E-state index contributed by atoms with van der Waals surface area (Å²) in [6.45, 7) is 4.88. The zero-order valence-electron chi connectivity index (χ0n) is 17.4. The summed E-state index contributed by atoms with van der Waals surface area (Å²) in [4.78, 5) is 21.2. The van der Waals surface area contributed by atoms with Gasteiger partial charge in [0.2, 0.25) is 12.7 Å². The summed E-state index contributed by atoms with van der Waals surface area (Å²) < 4.78 is 12.4. The first-order valence-corrected chi connectivity index (χ1v) is 10.8. The van der Waals surface area contributed by atoms with Crippen LogP contribution in [0.5, 0.6) is 11.5 Å². The highest BCUT2D eigenvalue weighted by molar-refractivity contribution is 6.31. The first kappa shape index (κ1) is 20.7. The lowest BCUT2D eigenvalue weighted by Crippen LogP contribution is -2.48. The van der Waals surface area contributed by atoms with Crippen molar-refractivity contribution in [1.29, 1.82) is 0 Å². The maximum Gasteiger partial charge on any atom is 0.238 e. The molecule has 1 amide bonds. The van der Waals surface area contributed by atoms with Gasteiger partial charge in [0.15, 0.2) is 11.5 Å². The van der Waals surface area contributed by atoms with E-state index in [0.717, 1.165) is 44.2 Å². The summed E-state index contributed by atoms with van der Waals surface area (Å²) in [5.41, 5.74) is 2.52. The van der Waals surface area contributed by atoms with Crippen LogP contribution in [-0.2, 0) is 11.3 Å². The third-order valence-electron chi connectivity index (χ3n) is 5.57. The minimum absolute atomic E-state index is 0.0853. The minimum atomic E-state index is -0.0853. The van der Waals surface area contributed by atoms with E-state index in [-0.39, 0.29) is 12.7 Å². The molecule has 166 valence electrons. The van der Waals surface area contributed by atoms with Crippen LogP contribution in [0.15, 0.2) is 49.1 Å². The molecule has 2 aliphatic rings. The highest BCUT2D eigenvalue weighted by Crippen LogP contribution is 2.33. The predicted molar refractivity (Wildman–Crippen MR) is 119 cm³/mol. The van der Waals surface area contributed by atoms with Gasteiger partial charge in [-0.05, 0) is 35.9 Å². The molecule has 2 aromatic carbocycles. The topological polar surface area (TPSA) is 84.8 Å². The molecule has 1 saturated heterocycles. The Morgan fingerprint density at radius 1 is 1.03 bits per heavy atom. The Hall–Kier alpha value is -3.14. The van der Waals surface area contributed by atoms with Crippen LogP contribution in [0.2, 0.25) is 5.02 Å². The summed E-state index contributed by atoms with van der Waals surface area (Å²) in [7, 11) is 0. The highest BCUT2D eigenvalue weighted by atomic mass is 35.5. The summed E-state index contributed by atoms with van der Waals surface area (Å²) in [6.07, 6.45) is 3.03. The Bertz CT molecular complexity index is 1100. The molecule has 9 nitrogen and oxygen atoms in total. The zero-order chi connectivity index (χ0) is 21.9. The number of carbonyl (C=O) groups excluding carboxylic acids is 1. The van der Waals surface area contributed by atoms with E-state index >= 15 is 0 Å². The number of ether oxygens (including phenoxy) is 2. The minimum Gasteiger partial charge on any atom is -0.454 e. The molecule has 1 N–H and O–H groups in total. The van der Waals surface area contributed by atoms with Crippen LogP contribution in [0.1, 0.15) is 5.56 Å². The van der Waals surface area contributed by atoms with Crippen molar-refractivity contribution in [3.05, 3.63) is 59.6 Å². The number of fused-ring (bicyclic) bond motifs is 1. The molecule has 0 saturated carbocycles. The smallest absolute Gasteiger partial charge is 0.238 e. The van der Waals surface area contributed by atoms with Gasteiger partial charge in [-0.1, -0.05) is 17.7 Å². The molecular formula is C22H23ClN6O3. The number of nitrogens with zero attached hydrogens (tertiary/aromatic N) is 5. The number of nitrogens with one attached hydrogen (secondary N) is 1. The van der Waals surface area contributed by atoms with E-state index < -0.39 is 0 Å². The lowest BCUT2D eigenvalue weighted by molar-refractivity contribution is -0.117. The molecule has 3 aromatic rings. The third-order valence-corrected chi connectivity index (χ3v) is 5.81. The van der Waals surface area contributed by atoms with Crippen molar-refractivity contribution in [1.82, 2.24) is 24.6 Å². The van der Waals surface area contributed by atoms with Gasteiger partial charge in [-0.3, -0.25) is 14.6 Å². The van der Waals surface area contributed by atoms with Crippen LogP contribution in [0.25, 0.3) is 5.69 Å². The quantitative estimate of drug-likeness (QED) is 0.612. The Kier molecular flexibility index (Phi) is 5.93. The molecular weight excluding hydrogens is 432 g/mol. The second-order valence-electron chi connectivity index (χ2n) is 7.79. The van der Waals surface area contributed by atoms with Gasteiger partial charge in [0.1, 0.15) is 12.7 Å². The fourth-order valence-electron chi connectivity index (χ4n) is 3.94. The van der Waals surface area contributed by atoms with E-state index in [9.17, 15) is 4.79 Å². The molecule has 0 bridgehead atoms. The fourth-order valence-corrected chi connectivity index (χ4v) is 4.11. The number of rotatable bonds is 6. The maximum absolute atomic E-state index is 12.7. The van der Waals surface area contributed by atoms with Gasteiger partial charge in [0.05, 0.1) is 17.9 Å². The summed E-state index contributed by atoms with van der Waals surface area (Å²) in [5, 5.41) is 7.65. The Morgan fingerprint density at radius 3 is 2.66 bits per heavy atom. The lowest BCUT2D eigenvalue weighted by atomic mass is 10.1. The molecule has 10 heteroatoms. The average Bonchev–Trinajstić information content (AvgIpc) is 3.47. The molecule has 2 aliphatic heterocycles. The van der Waals surface area contributed by atoms with Gasteiger partial charge in [0, 0.05) is 37.7 Å². The van der Waals surface area contributed by atoms with Gasteiger partial charge in [0.25, 0.3) is 0 Å². The first-order chi connectivity index (χ1) is 15.6. The Labute approximate surface area is 190 Å². The Morgan fingerprint density at radius 2 is 1.84 bits per heavy atom.